The minimum absolute atomic E-state index is 0.0245. The van der Waals surface area contributed by atoms with Crippen LogP contribution >= 0.6 is 11.3 Å². The number of fused-ring (bicyclic) bond motifs is 2. The number of aryl methyl sites for hydroxylation is 4. The molecule has 45 heavy (non-hydrogen) atoms. The highest BCUT2D eigenvalue weighted by molar-refractivity contribution is 7.21. The highest BCUT2D eigenvalue weighted by Crippen LogP contribution is 2.44. The monoisotopic (exact) mass is 632 g/mol. The number of carbonyl (C=O) groups excluding carboxylic acids is 2. The van der Waals surface area contributed by atoms with Crippen LogP contribution in [-0.2, 0) is 19.8 Å². The molecule has 0 aliphatic carbocycles. The molecule has 6 rings (SSSR count). The molecule has 0 saturated carbocycles. The number of alkyl halides is 3. The van der Waals surface area contributed by atoms with Crippen molar-refractivity contribution < 1.29 is 22.8 Å². The van der Waals surface area contributed by atoms with Crippen LogP contribution in [0.25, 0.3) is 43.5 Å². The number of halogens is 3. The van der Waals surface area contributed by atoms with Gasteiger partial charge in [-0.3, -0.25) is 19.0 Å². The number of hydrogen-bond acceptors (Lipinski definition) is 7. The van der Waals surface area contributed by atoms with Gasteiger partial charge in [0.25, 0.3) is 11.8 Å². The van der Waals surface area contributed by atoms with Gasteiger partial charge in [0.1, 0.15) is 15.4 Å². The van der Waals surface area contributed by atoms with Gasteiger partial charge in [0, 0.05) is 47.4 Å². The molecule has 1 aromatic carbocycles. The van der Waals surface area contributed by atoms with E-state index in [2.05, 4.69) is 20.5 Å². The minimum Gasteiger partial charge on any atom is -0.365 e. The summed E-state index contributed by atoms with van der Waals surface area (Å²) in [5.41, 5.74) is 9.19. The van der Waals surface area contributed by atoms with E-state index in [1.54, 1.807) is 52.8 Å². The first-order valence-electron chi connectivity index (χ1n) is 13.9. The number of para-hydroxylation sites is 1. The second-order valence-electron chi connectivity index (χ2n) is 10.6. The fourth-order valence-electron chi connectivity index (χ4n) is 5.51. The second-order valence-corrected chi connectivity index (χ2v) is 11.6. The van der Waals surface area contributed by atoms with Crippen molar-refractivity contribution >= 4 is 50.0 Å². The van der Waals surface area contributed by atoms with Crippen LogP contribution in [0.3, 0.4) is 0 Å². The Bertz CT molecular complexity index is 2180. The van der Waals surface area contributed by atoms with Crippen LogP contribution in [0.4, 0.5) is 18.9 Å². The third kappa shape index (κ3) is 5.10. The Labute approximate surface area is 258 Å². The number of nitrogens with one attached hydrogen (secondary N) is 1. The summed E-state index contributed by atoms with van der Waals surface area (Å²) in [5.74, 6) is -1.53. The van der Waals surface area contributed by atoms with Crippen molar-refractivity contribution in [3.63, 3.8) is 0 Å². The fraction of sp³-hybridized carbons (Fsp3) is 0.226. The van der Waals surface area contributed by atoms with Gasteiger partial charge in [-0.15, -0.1) is 11.3 Å². The lowest BCUT2D eigenvalue weighted by molar-refractivity contribution is -0.140. The van der Waals surface area contributed by atoms with Crippen LogP contribution in [0.15, 0.2) is 42.6 Å². The summed E-state index contributed by atoms with van der Waals surface area (Å²) in [5, 5.41) is 12.4. The van der Waals surface area contributed by atoms with Crippen LogP contribution in [0.1, 0.15) is 49.7 Å². The van der Waals surface area contributed by atoms with E-state index in [1.165, 1.54) is 0 Å². The topological polar surface area (TPSA) is 134 Å². The first kappa shape index (κ1) is 29.9. The van der Waals surface area contributed by atoms with E-state index < -0.39 is 23.7 Å². The molecule has 0 unspecified atom stereocenters. The van der Waals surface area contributed by atoms with E-state index in [9.17, 15) is 22.8 Å². The molecule has 0 aliphatic rings. The molecule has 0 spiro atoms. The number of rotatable bonds is 6. The largest absolute Gasteiger partial charge is 0.433 e. The van der Waals surface area contributed by atoms with Crippen LogP contribution in [-0.4, -0.2) is 41.3 Å². The summed E-state index contributed by atoms with van der Waals surface area (Å²) in [6, 6.07) is 9.65. The molecule has 0 radical (unpaired) electrons. The molecular weight excluding hydrogens is 605 g/mol. The van der Waals surface area contributed by atoms with Gasteiger partial charge in [-0.1, -0.05) is 18.2 Å². The SMILES string of the molecule is CCn1cc(-c2cc(C(F)(F)F)nc3sc(C(N)=O)c(NC(=O)c4cc(-c5c(C)nn(C)c5C)nc5ccccc45)c23)c(C)n1. The quantitative estimate of drug-likeness (QED) is 0.218. The lowest BCUT2D eigenvalue weighted by Gasteiger charge is -2.13. The van der Waals surface area contributed by atoms with Crippen molar-refractivity contribution in [1.29, 1.82) is 0 Å². The normalized spacial score (nSPS) is 11.9. The number of nitrogens with zero attached hydrogens (tertiary/aromatic N) is 6. The van der Waals surface area contributed by atoms with Gasteiger partial charge in [-0.2, -0.15) is 23.4 Å². The van der Waals surface area contributed by atoms with E-state index in [0.29, 0.717) is 45.7 Å². The Morgan fingerprint density at radius 3 is 2.38 bits per heavy atom. The number of nitrogens with two attached hydrogens (primary N) is 1. The smallest absolute Gasteiger partial charge is 0.365 e. The Morgan fingerprint density at radius 1 is 1.02 bits per heavy atom. The van der Waals surface area contributed by atoms with E-state index in [-0.39, 0.29) is 31.9 Å². The standard InChI is InChI=1S/C31H27F3N8O2S/c1-6-42-13-20(14(2)40-42)18-12-23(31(32,33)34)37-30-25(18)26(27(45-30)28(35)43)38-29(44)19-11-22(24-15(3)39-41(5)16(24)4)36-21-10-8-7-9-17(19)21/h7-13H,6H2,1-5H3,(H2,35,43)(H,38,44). The van der Waals surface area contributed by atoms with Crippen LogP contribution in [0, 0.1) is 20.8 Å². The Morgan fingerprint density at radius 2 is 1.76 bits per heavy atom. The molecule has 2 amide bonds. The maximum absolute atomic E-state index is 14.2. The number of hydrogen-bond donors (Lipinski definition) is 2. The van der Waals surface area contributed by atoms with Gasteiger partial charge >= 0.3 is 6.18 Å². The molecule has 0 saturated heterocycles. The van der Waals surface area contributed by atoms with Crippen molar-refractivity contribution in [2.45, 2.75) is 40.4 Å². The van der Waals surface area contributed by atoms with Crippen molar-refractivity contribution in [3.05, 3.63) is 75.8 Å². The van der Waals surface area contributed by atoms with Gasteiger partial charge in [-0.05, 0) is 51.5 Å². The van der Waals surface area contributed by atoms with Crippen LogP contribution in [0.5, 0.6) is 0 Å². The number of amides is 2. The van der Waals surface area contributed by atoms with Gasteiger partial charge in [0.05, 0.1) is 33.8 Å². The zero-order valence-corrected chi connectivity index (χ0v) is 25.7. The third-order valence-corrected chi connectivity index (χ3v) is 8.80. The average molecular weight is 633 g/mol. The first-order valence-corrected chi connectivity index (χ1v) is 14.7. The number of carbonyl (C=O) groups is 2. The molecule has 3 N–H and O–H groups in total. The zero-order valence-electron chi connectivity index (χ0n) is 24.9. The number of anilines is 1. The van der Waals surface area contributed by atoms with E-state index in [4.69, 9.17) is 10.7 Å². The zero-order chi connectivity index (χ0) is 32.4. The number of benzene rings is 1. The highest BCUT2D eigenvalue weighted by Gasteiger charge is 2.35. The van der Waals surface area contributed by atoms with E-state index in [0.717, 1.165) is 23.0 Å². The minimum atomic E-state index is -4.77. The predicted octanol–water partition coefficient (Wildman–Crippen LogP) is 6.42. The maximum atomic E-state index is 14.2. The van der Waals surface area contributed by atoms with Gasteiger partial charge in [-0.25, -0.2) is 9.97 Å². The summed E-state index contributed by atoms with van der Waals surface area (Å²) < 4.78 is 45.4. The Hall–Kier alpha value is -5.11. The van der Waals surface area contributed by atoms with Gasteiger partial charge in [0.15, 0.2) is 0 Å². The predicted molar refractivity (Wildman–Crippen MR) is 166 cm³/mol. The summed E-state index contributed by atoms with van der Waals surface area (Å²) >= 11 is 0.686. The van der Waals surface area contributed by atoms with Crippen molar-refractivity contribution in [2.75, 3.05) is 5.32 Å². The van der Waals surface area contributed by atoms with Gasteiger partial charge in [0.2, 0.25) is 0 Å². The number of pyridine rings is 2. The number of thiophene rings is 1. The maximum Gasteiger partial charge on any atom is 0.433 e. The summed E-state index contributed by atoms with van der Waals surface area (Å²) in [6.45, 7) is 7.75. The first-order chi connectivity index (χ1) is 21.3. The molecule has 10 nitrogen and oxygen atoms in total. The van der Waals surface area contributed by atoms with Crippen LogP contribution in [0.2, 0.25) is 0 Å². The van der Waals surface area contributed by atoms with Gasteiger partial charge < -0.3 is 11.1 Å². The second kappa shape index (κ2) is 10.8. The lowest BCUT2D eigenvalue weighted by Crippen LogP contribution is -2.17. The lowest BCUT2D eigenvalue weighted by atomic mass is 10.0. The highest BCUT2D eigenvalue weighted by atomic mass is 32.1. The molecule has 5 heterocycles. The Kier molecular flexibility index (Phi) is 7.19. The third-order valence-electron chi connectivity index (χ3n) is 7.70. The van der Waals surface area contributed by atoms with Crippen LogP contribution < -0.4 is 11.1 Å². The molecule has 0 fully saturated rings. The molecular formula is C31H27F3N8O2S. The van der Waals surface area contributed by atoms with E-state index >= 15 is 0 Å². The Balaban J connectivity index is 1.59. The summed E-state index contributed by atoms with van der Waals surface area (Å²) in [4.78, 5) is 35.3. The van der Waals surface area contributed by atoms with Crippen molar-refractivity contribution in [3.8, 4) is 22.4 Å². The summed E-state index contributed by atoms with van der Waals surface area (Å²) in [6.07, 6.45) is -3.15. The molecule has 0 bridgehead atoms. The number of primary amides is 1. The molecule has 230 valence electrons. The molecule has 6 aromatic rings. The van der Waals surface area contributed by atoms with E-state index in [1.807, 2.05) is 27.8 Å². The van der Waals surface area contributed by atoms with Crippen molar-refractivity contribution in [1.82, 2.24) is 29.5 Å². The fourth-order valence-corrected chi connectivity index (χ4v) is 6.52. The summed E-state index contributed by atoms with van der Waals surface area (Å²) in [7, 11) is 1.81. The number of aromatic nitrogens is 6. The molecule has 0 aliphatic heterocycles. The van der Waals surface area contributed by atoms with Crippen molar-refractivity contribution in [2.24, 2.45) is 12.8 Å². The molecule has 0 atom stereocenters. The molecule has 14 heteroatoms. The average Bonchev–Trinajstić information content (AvgIpc) is 3.63. The molecule has 5 aromatic heterocycles.